The minimum Gasteiger partial charge on any atom is -0.493 e. The number of nitrogens with one attached hydrogen (secondary N) is 1. The third-order valence-electron chi connectivity index (χ3n) is 6.11. The Hall–Kier alpha value is -4.31. The second kappa shape index (κ2) is 13.2. The van der Waals surface area contributed by atoms with Crippen LogP contribution >= 0.6 is 11.8 Å². The van der Waals surface area contributed by atoms with Crippen molar-refractivity contribution in [3.8, 4) is 11.5 Å². The Kier molecular flexibility index (Phi) is 9.44. The van der Waals surface area contributed by atoms with E-state index in [4.69, 9.17) is 19.2 Å². The molecule has 0 spiro atoms. The summed E-state index contributed by atoms with van der Waals surface area (Å²) in [5.41, 5.74) is 3.41. The predicted molar refractivity (Wildman–Crippen MR) is 155 cm³/mol. The molecule has 9 nitrogen and oxygen atoms in total. The highest BCUT2D eigenvalue weighted by molar-refractivity contribution is 8.15. The number of aryl methyl sites for hydroxylation is 1. The van der Waals surface area contributed by atoms with Gasteiger partial charge in [0.25, 0.3) is 0 Å². The number of nitrogens with zero attached hydrogens (tertiary/aromatic N) is 2. The van der Waals surface area contributed by atoms with Gasteiger partial charge in [-0.3, -0.25) is 14.5 Å². The van der Waals surface area contributed by atoms with Crippen molar-refractivity contribution in [1.29, 1.82) is 0 Å². The van der Waals surface area contributed by atoms with Crippen molar-refractivity contribution >= 4 is 46.1 Å². The molecule has 1 heterocycles. The average Bonchev–Trinajstić information content (AvgIpc) is 2.95. The zero-order valence-corrected chi connectivity index (χ0v) is 23.6. The van der Waals surface area contributed by atoms with Crippen LogP contribution in [0.25, 0.3) is 0 Å². The summed E-state index contributed by atoms with van der Waals surface area (Å²) in [6.07, 6.45) is 0.0103. The molecule has 0 radical (unpaired) electrons. The van der Waals surface area contributed by atoms with Crippen LogP contribution in [0.3, 0.4) is 0 Å². The van der Waals surface area contributed by atoms with E-state index < -0.39 is 11.2 Å². The fraction of sp³-hybridized carbons (Fsp3) is 0.267. The number of methoxy groups -OCH3 is 2. The van der Waals surface area contributed by atoms with Crippen LogP contribution in [0.5, 0.6) is 11.5 Å². The van der Waals surface area contributed by atoms with E-state index in [0.717, 1.165) is 11.1 Å². The number of aliphatic imine (C=N–C) groups is 1. The van der Waals surface area contributed by atoms with Crippen LogP contribution in [0.15, 0.2) is 71.7 Å². The van der Waals surface area contributed by atoms with Crippen LogP contribution in [0, 0.1) is 6.92 Å². The Balaban J connectivity index is 1.63. The normalized spacial score (nSPS) is 16.0. The molecule has 1 aliphatic heterocycles. The van der Waals surface area contributed by atoms with Gasteiger partial charge in [-0.25, -0.2) is 9.79 Å². The molecule has 0 aliphatic carbocycles. The van der Waals surface area contributed by atoms with Crippen molar-refractivity contribution in [1.82, 2.24) is 4.90 Å². The molecule has 0 saturated carbocycles. The van der Waals surface area contributed by atoms with Crippen LogP contribution in [0.4, 0.5) is 11.4 Å². The summed E-state index contributed by atoms with van der Waals surface area (Å²) in [4.78, 5) is 45.0. The minimum absolute atomic E-state index is 0.0103. The number of amides is 2. The highest BCUT2D eigenvalue weighted by Crippen LogP contribution is 2.33. The lowest BCUT2D eigenvalue weighted by molar-refractivity contribution is -0.129. The molecule has 1 atom stereocenters. The third-order valence-corrected chi connectivity index (χ3v) is 7.30. The molecule has 0 aromatic heterocycles. The van der Waals surface area contributed by atoms with Gasteiger partial charge in [0, 0.05) is 12.1 Å². The van der Waals surface area contributed by atoms with Gasteiger partial charge in [-0.05, 0) is 73.5 Å². The van der Waals surface area contributed by atoms with Gasteiger partial charge in [-0.1, -0.05) is 30.0 Å². The van der Waals surface area contributed by atoms with Crippen molar-refractivity contribution < 1.29 is 28.6 Å². The zero-order valence-electron chi connectivity index (χ0n) is 22.8. The molecule has 3 aromatic carbocycles. The fourth-order valence-electron chi connectivity index (χ4n) is 4.10. The first-order valence-electron chi connectivity index (χ1n) is 12.7. The molecule has 4 rings (SSSR count). The maximum atomic E-state index is 13.4. The SMILES string of the molecule is CCOC(=O)c1ccc(N=C2SC(C(=O)Nc3cccc(C)c3)CC(=O)N2Cc2ccc(OC)c(OC)c2)cc1. The van der Waals surface area contributed by atoms with Crippen LogP contribution in [-0.4, -0.2) is 53.9 Å². The monoisotopic (exact) mass is 561 g/mol. The number of carbonyl (C=O) groups is 3. The van der Waals surface area contributed by atoms with Crippen molar-refractivity contribution in [2.75, 3.05) is 26.1 Å². The Morgan fingerprint density at radius 1 is 1.02 bits per heavy atom. The molecule has 1 fully saturated rings. The average molecular weight is 562 g/mol. The second-order valence-electron chi connectivity index (χ2n) is 9.00. The summed E-state index contributed by atoms with van der Waals surface area (Å²) < 4.78 is 15.8. The first kappa shape index (κ1) is 28.7. The molecule has 40 heavy (non-hydrogen) atoms. The van der Waals surface area contributed by atoms with Crippen LogP contribution < -0.4 is 14.8 Å². The Morgan fingerprint density at radius 2 is 1.77 bits per heavy atom. The van der Waals surface area contributed by atoms with Crippen LogP contribution in [-0.2, 0) is 20.9 Å². The number of hydrogen-bond acceptors (Lipinski definition) is 8. The first-order valence-corrected chi connectivity index (χ1v) is 13.6. The first-order chi connectivity index (χ1) is 19.3. The number of esters is 1. The number of carbonyl (C=O) groups excluding carboxylic acids is 3. The van der Waals surface area contributed by atoms with Crippen LogP contribution in [0.2, 0.25) is 0 Å². The lowest BCUT2D eigenvalue weighted by Gasteiger charge is -2.32. The van der Waals surface area contributed by atoms with Gasteiger partial charge in [0.2, 0.25) is 11.8 Å². The van der Waals surface area contributed by atoms with E-state index in [1.54, 1.807) is 62.4 Å². The molecule has 1 unspecified atom stereocenters. The largest absolute Gasteiger partial charge is 0.493 e. The number of amidine groups is 1. The topological polar surface area (TPSA) is 107 Å². The second-order valence-corrected chi connectivity index (χ2v) is 10.2. The molecule has 1 N–H and O–H groups in total. The van der Waals surface area contributed by atoms with E-state index in [-0.39, 0.29) is 31.4 Å². The van der Waals surface area contributed by atoms with E-state index >= 15 is 0 Å². The molecular weight excluding hydrogens is 530 g/mol. The van der Waals surface area contributed by atoms with E-state index in [1.165, 1.54) is 11.8 Å². The van der Waals surface area contributed by atoms with Gasteiger partial charge >= 0.3 is 5.97 Å². The van der Waals surface area contributed by atoms with Crippen LogP contribution in [0.1, 0.15) is 34.8 Å². The van der Waals surface area contributed by atoms with Gasteiger partial charge in [0.15, 0.2) is 16.7 Å². The number of hydrogen-bond donors (Lipinski definition) is 1. The standard InChI is InChI=1S/C30H31N3O6S/c1-5-39-29(36)21-10-12-22(13-11-21)32-30-33(18-20-9-14-24(37-3)25(16-20)38-4)27(34)17-26(40-30)28(35)31-23-8-6-7-19(2)15-23/h6-16,26H,5,17-18H2,1-4H3,(H,31,35). The van der Waals surface area contributed by atoms with Gasteiger partial charge in [0.05, 0.1) is 38.6 Å². The molecule has 208 valence electrons. The maximum absolute atomic E-state index is 13.4. The van der Waals surface area contributed by atoms with Gasteiger partial charge < -0.3 is 19.5 Å². The van der Waals surface area contributed by atoms with E-state index in [9.17, 15) is 14.4 Å². The lowest BCUT2D eigenvalue weighted by Crippen LogP contribution is -2.44. The Morgan fingerprint density at radius 3 is 2.45 bits per heavy atom. The summed E-state index contributed by atoms with van der Waals surface area (Å²) in [5.74, 6) is 0.182. The van der Waals surface area contributed by atoms with Gasteiger partial charge in [-0.2, -0.15) is 0 Å². The number of anilines is 1. The number of ether oxygens (including phenoxy) is 3. The number of benzene rings is 3. The van der Waals surface area contributed by atoms with E-state index in [2.05, 4.69) is 5.32 Å². The summed E-state index contributed by atoms with van der Waals surface area (Å²) in [7, 11) is 3.11. The highest BCUT2D eigenvalue weighted by atomic mass is 32.2. The molecule has 1 aliphatic rings. The van der Waals surface area contributed by atoms with Crippen molar-refractivity contribution in [3.63, 3.8) is 0 Å². The molecule has 0 bridgehead atoms. The van der Waals surface area contributed by atoms with Gasteiger partial charge in [-0.15, -0.1) is 0 Å². The number of thioether (sulfide) groups is 1. The molecular formula is C30H31N3O6S. The third kappa shape index (κ3) is 7.01. The smallest absolute Gasteiger partial charge is 0.338 e. The van der Waals surface area contributed by atoms with Gasteiger partial charge in [0.1, 0.15) is 5.25 Å². The lowest BCUT2D eigenvalue weighted by atomic mass is 10.1. The quantitative estimate of drug-likeness (QED) is 0.351. The summed E-state index contributed by atoms with van der Waals surface area (Å²) >= 11 is 1.22. The predicted octanol–water partition coefficient (Wildman–Crippen LogP) is 5.35. The molecule has 3 aromatic rings. The number of rotatable bonds is 9. The van der Waals surface area contributed by atoms with Crippen molar-refractivity contribution in [2.24, 2.45) is 4.99 Å². The van der Waals surface area contributed by atoms with Crippen molar-refractivity contribution in [2.45, 2.75) is 32.1 Å². The van der Waals surface area contributed by atoms with E-state index in [1.807, 2.05) is 37.3 Å². The molecule has 1 saturated heterocycles. The Labute approximate surface area is 237 Å². The fourth-order valence-corrected chi connectivity index (χ4v) is 5.20. The van der Waals surface area contributed by atoms with Crippen molar-refractivity contribution in [3.05, 3.63) is 83.4 Å². The minimum atomic E-state index is -0.674. The molecule has 2 amide bonds. The highest BCUT2D eigenvalue weighted by Gasteiger charge is 2.36. The summed E-state index contributed by atoms with van der Waals surface area (Å²) in [6.45, 7) is 4.18. The Bertz CT molecular complexity index is 1420. The summed E-state index contributed by atoms with van der Waals surface area (Å²) in [5, 5.41) is 2.61. The molecule has 10 heteroatoms. The zero-order chi connectivity index (χ0) is 28.6. The maximum Gasteiger partial charge on any atom is 0.338 e. The summed E-state index contributed by atoms with van der Waals surface area (Å²) in [6, 6.07) is 19.5. The van der Waals surface area contributed by atoms with E-state index in [0.29, 0.717) is 33.6 Å².